The van der Waals surface area contributed by atoms with E-state index in [9.17, 15) is 0 Å². The third kappa shape index (κ3) is 1.40. The lowest BCUT2D eigenvalue weighted by Gasteiger charge is -2.19. The van der Waals surface area contributed by atoms with Crippen LogP contribution in [0.5, 0.6) is 0 Å². The Bertz CT molecular complexity index is 269. The molecule has 2 aliphatic heterocycles. The van der Waals surface area contributed by atoms with Gasteiger partial charge < -0.3 is 9.74 Å². The van der Waals surface area contributed by atoms with Crippen molar-refractivity contribution in [2.45, 2.75) is 6.42 Å². The average molecular weight is 179 g/mol. The van der Waals surface area contributed by atoms with Crippen molar-refractivity contribution in [3.8, 4) is 6.07 Å². The number of hydrogen-bond acceptors (Lipinski definition) is 4. The number of nitriles is 1. The van der Waals surface area contributed by atoms with Crippen LogP contribution in [0.1, 0.15) is 6.42 Å². The minimum atomic E-state index is 0.318. The summed E-state index contributed by atoms with van der Waals surface area (Å²) in [4.78, 5) is 7.05. The largest absolute Gasteiger partial charge is 0.398 e. The quantitative estimate of drug-likeness (QED) is 0.457. The first-order valence-corrected chi connectivity index (χ1v) is 4.58. The van der Waals surface area contributed by atoms with E-state index in [1.165, 1.54) is 20.1 Å². The van der Waals surface area contributed by atoms with E-state index in [1.54, 1.807) is 0 Å². The Hall–Kier alpha value is -1.08. The van der Waals surface area contributed by atoms with Crippen LogP contribution in [0.3, 0.4) is 0 Å². The second-order valence-electron chi connectivity index (χ2n) is 3.69. The number of hydrogen-bond donors (Lipinski definition) is 0. The molecule has 2 fully saturated rings. The molecule has 3 atom stereocenters. The zero-order valence-electron chi connectivity index (χ0n) is 7.73. The molecular weight excluding hydrogens is 166 g/mol. The van der Waals surface area contributed by atoms with Gasteiger partial charge in [-0.25, -0.2) is 0 Å². The molecule has 0 aromatic carbocycles. The summed E-state index contributed by atoms with van der Waals surface area (Å²) in [5.74, 6) is 0.951. The third-order valence-corrected chi connectivity index (χ3v) is 2.99. The van der Waals surface area contributed by atoms with Crippen molar-refractivity contribution in [2.24, 2.45) is 17.0 Å². The molecule has 3 unspecified atom stereocenters. The molecule has 0 spiro atoms. The first-order valence-electron chi connectivity index (χ1n) is 4.58. The van der Waals surface area contributed by atoms with Crippen molar-refractivity contribution < 1.29 is 4.84 Å². The van der Waals surface area contributed by atoms with Gasteiger partial charge in [0.1, 0.15) is 13.2 Å². The molecule has 4 heteroatoms. The molecule has 0 amide bonds. The van der Waals surface area contributed by atoms with Crippen molar-refractivity contribution >= 4 is 5.71 Å². The lowest BCUT2D eigenvalue weighted by atomic mass is 9.89. The summed E-state index contributed by atoms with van der Waals surface area (Å²) in [6, 6.07) is 2.13. The molecule has 0 N–H and O–H groups in total. The van der Waals surface area contributed by atoms with Gasteiger partial charge in [0.05, 0.1) is 0 Å². The van der Waals surface area contributed by atoms with Gasteiger partial charge in [-0.3, -0.25) is 0 Å². The molecule has 0 saturated carbocycles. The molecule has 0 radical (unpaired) electrons. The van der Waals surface area contributed by atoms with Crippen molar-refractivity contribution in [1.29, 1.82) is 5.26 Å². The fraction of sp³-hybridized carbons (Fsp3) is 0.778. The summed E-state index contributed by atoms with van der Waals surface area (Å²) in [7, 11) is 1.49. The highest BCUT2D eigenvalue weighted by Gasteiger charge is 2.40. The molecule has 2 aliphatic rings. The van der Waals surface area contributed by atoms with Crippen molar-refractivity contribution in [1.82, 2.24) is 4.90 Å². The van der Waals surface area contributed by atoms with E-state index in [4.69, 9.17) is 5.26 Å². The summed E-state index contributed by atoms with van der Waals surface area (Å²) in [6.07, 6.45) is 1.20. The number of fused-ring (bicyclic) bond motifs is 2. The standard InChI is InChI=1S/C9H13N3O/c1-13-11-9(4-10)8-6-12-3-2-7(8)5-12/h7-8H,2-3,5-6H2,1H3/b11-9-. The van der Waals surface area contributed by atoms with Crippen molar-refractivity contribution in [3.05, 3.63) is 0 Å². The Balaban J connectivity index is 2.09. The topological polar surface area (TPSA) is 48.6 Å². The zero-order chi connectivity index (χ0) is 9.26. The van der Waals surface area contributed by atoms with E-state index in [0.717, 1.165) is 13.1 Å². The second kappa shape index (κ2) is 3.35. The van der Waals surface area contributed by atoms with Crippen molar-refractivity contribution in [3.63, 3.8) is 0 Å². The minimum Gasteiger partial charge on any atom is -0.398 e. The summed E-state index contributed by atoms with van der Waals surface area (Å²) < 4.78 is 0. The Morgan fingerprint density at radius 2 is 2.46 bits per heavy atom. The fourth-order valence-electron chi connectivity index (χ4n) is 2.36. The van der Waals surface area contributed by atoms with Crippen LogP contribution in [0.25, 0.3) is 0 Å². The second-order valence-corrected chi connectivity index (χ2v) is 3.69. The summed E-state index contributed by atoms with van der Waals surface area (Å²) in [5, 5.41) is 12.6. The SMILES string of the molecule is CO/N=C(/C#N)C1CN2CCC1C2. The number of oxime groups is 1. The zero-order valence-corrected chi connectivity index (χ0v) is 7.73. The number of rotatable bonds is 2. The number of nitrogens with zero attached hydrogens (tertiary/aromatic N) is 3. The smallest absolute Gasteiger partial charge is 0.161 e. The molecule has 2 bridgehead atoms. The van der Waals surface area contributed by atoms with Gasteiger partial charge in [-0.1, -0.05) is 5.16 Å². The average Bonchev–Trinajstić information content (AvgIpc) is 2.74. The lowest BCUT2D eigenvalue weighted by Crippen LogP contribution is -2.28. The minimum absolute atomic E-state index is 0.318. The molecule has 2 saturated heterocycles. The van der Waals surface area contributed by atoms with Crippen LogP contribution in [-0.2, 0) is 4.84 Å². The summed E-state index contributed by atoms with van der Waals surface area (Å²) in [6.45, 7) is 3.31. The maximum atomic E-state index is 8.87. The van der Waals surface area contributed by atoms with Gasteiger partial charge in [0.25, 0.3) is 0 Å². The van der Waals surface area contributed by atoms with Gasteiger partial charge >= 0.3 is 0 Å². The van der Waals surface area contributed by atoms with Gasteiger partial charge in [0, 0.05) is 19.0 Å². The van der Waals surface area contributed by atoms with Crippen molar-refractivity contribution in [2.75, 3.05) is 26.7 Å². The van der Waals surface area contributed by atoms with Crippen LogP contribution in [0.15, 0.2) is 5.16 Å². The van der Waals surface area contributed by atoms with E-state index >= 15 is 0 Å². The molecule has 0 aromatic heterocycles. The molecular formula is C9H13N3O. The van der Waals surface area contributed by atoms with E-state index in [1.807, 2.05) is 0 Å². The van der Waals surface area contributed by atoms with Gasteiger partial charge in [0.2, 0.25) is 0 Å². The Labute approximate surface area is 77.8 Å². The third-order valence-electron chi connectivity index (χ3n) is 2.99. The highest BCUT2D eigenvalue weighted by atomic mass is 16.6. The summed E-state index contributed by atoms with van der Waals surface area (Å²) >= 11 is 0. The van der Waals surface area contributed by atoms with E-state index in [2.05, 4.69) is 21.0 Å². The summed E-state index contributed by atoms with van der Waals surface area (Å²) in [5.41, 5.74) is 0.565. The molecule has 2 rings (SSSR count). The van der Waals surface area contributed by atoms with Gasteiger partial charge in [-0.15, -0.1) is 0 Å². The van der Waals surface area contributed by atoms with E-state index in [0.29, 0.717) is 17.5 Å². The molecule has 2 heterocycles. The first kappa shape index (κ1) is 8.52. The van der Waals surface area contributed by atoms with Gasteiger partial charge in [-0.2, -0.15) is 5.26 Å². The molecule has 70 valence electrons. The molecule has 0 aliphatic carbocycles. The first-order chi connectivity index (χ1) is 6.35. The Morgan fingerprint density at radius 1 is 1.62 bits per heavy atom. The maximum Gasteiger partial charge on any atom is 0.161 e. The van der Waals surface area contributed by atoms with E-state index in [-0.39, 0.29) is 0 Å². The predicted octanol–water partition coefficient (Wildman–Crippen LogP) is 0.464. The molecule has 0 aromatic rings. The lowest BCUT2D eigenvalue weighted by molar-refractivity contribution is 0.209. The normalized spacial score (nSPS) is 37.5. The molecule has 13 heavy (non-hydrogen) atoms. The molecule has 4 nitrogen and oxygen atoms in total. The predicted molar refractivity (Wildman–Crippen MR) is 48.1 cm³/mol. The van der Waals surface area contributed by atoms with Crippen LogP contribution >= 0.6 is 0 Å². The highest BCUT2D eigenvalue weighted by Crippen LogP contribution is 2.33. The number of piperidine rings is 1. The van der Waals surface area contributed by atoms with Crippen LogP contribution in [-0.4, -0.2) is 37.4 Å². The van der Waals surface area contributed by atoms with Gasteiger partial charge in [-0.05, 0) is 18.9 Å². The van der Waals surface area contributed by atoms with E-state index < -0.39 is 0 Å². The Morgan fingerprint density at radius 3 is 2.92 bits per heavy atom. The fourth-order valence-corrected chi connectivity index (χ4v) is 2.36. The van der Waals surface area contributed by atoms with Crippen LogP contribution in [0, 0.1) is 23.2 Å². The monoisotopic (exact) mass is 179 g/mol. The van der Waals surface area contributed by atoms with Gasteiger partial charge in [0.15, 0.2) is 5.71 Å². The highest BCUT2D eigenvalue weighted by molar-refractivity contribution is 6.00. The van der Waals surface area contributed by atoms with Crippen LogP contribution in [0.2, 0.25) is 0 Å². The Kier molecular flexibility index (Phi) is 2.19. The van der Waals surface area contributed by atoms with Crippen LogP contribution in [0.4, 0.5) is 0 Å². The maximum absolute atomic E-state index is 8.87. The van der Waals surface area contributed by atoms with Crippen LogP contribution < -0.4 is 0 Å².